The van der Waals surface area contributed by atoms with Gasteiger partial charge >= 0.3 is 0 Å². The number of aldehydes is 1. The number of hydrogen-bond acceptors (Lipinski definition) is 2. The van der Waals surface area contributed by atoms with Crippen LogP contribution >= 0.6 is 0 Å². The number of carbonyl (C=O) groups excluding carboxylic acids is 2. The van der Waals surface area contributed by atoms with E-state index >= 15 is 0 Å². The zero-order valence-corrected chi connectivity index (χ0v) is 9.82. The van der Waals surface area contributed by atoms with Crippen LogP contribution in [0.3, 0.4) is 0 Å². The largest absolute Gasteiger partial charge is 0.302 e. The molecule has 1 aromatic carbocycles. The molecule has 0 saturated heterocycles. The van der Waals surface area contributed by atoms with Crippen molar-refractivity contribution in [2.45, 2.75) is 12.8 Å². The van der Waals surface area contributed by atoms with E-state index in [0.29, 0.717) is 6.29 Å². The summed E-state index contributed by atoms with van der Waals surface area (Å²) in [6.45, 7) is 1.42. The van der Waals surface area contributed by atoms with E-state index in [4.69, 9.17) is 0 Å². The van der Waals surface area contributed by atoms with Crippen LogP contribution in [0, 0.1) is 0 Å². The Labute approximate surface area is 96.5 Å². The zero-order valence-electron chi connectivity index (χ0n) is 7.36. The molecule has 0 bridgehead atoms. The molecule has 0 heterocycles. The van der Waals surface area contributed by atoms with Crippen molar-refractivity contribution in [2.24, 2.45) is 0 Å². The summed E-state index contributed by atoms with van der Waals surface area (Å²) in [4.78, 5) is 21.5. The van der Waals surface area contributed by atoms with Crippen LogP contribution < -0.4 is 0 Å². The molecule has 1 atom stereocenters. The molecule has 0 aliphatic rings. The summed E-state index contributed by atoms with van der Waals surface area (Å²) in [5.41, 5.74) is 0.764. The van der Waals surface area contributed by atoms with Crippen molar-refractivity contribution in [1.29, 1.82) is 0 Å². The van der Waals surface area contributed by atoms with Gasteiger partial charge in [-0.25, -0.2) is 0 Å². The van der Waals surface area contributed by atoms with Crippen LogP contribution in [0.25, 0.3) is 0 Å². The Morgan fingerprint density at radius 3 is 2.23 bits per heavy atom. The molecule has 0 aliphatic heterocycles. The Hall–Kier alpha value is -0.557. The summed E-state index contributed by atoms with van der Waals surface area (Å²) in [6.07, 6.45) is 0.678. The first kappa shape index (κ1) is 12.4. The molecule has 1 rings (SSSR count). The van der Waals surface area contributed by atoms with Crippen molar-refractivity contribution in [2.75, 3.05) is 0 Å². The molecule has 0 aliphatic carbocycles. The minimum Gasteiger partial charge on any atom is -0.302 e. The molecule has 0 saturated carbocycles. The maximum Gasteiger partial charge on any atom is 0.144 e. The van der Waals surface area contributed by atoms with E-state index in [-0.39, 0.29) is 32.0 Å². The van der Waals surface area contributed by atoms with Gasteiger partial charge in [0.05, 0.1) is 5.92 Å². The topological polar surface area (TPSA) is 34.1 Å². The molecule has 0 amide bonds. The predicted octanol–water partition coefficient (Wildman–Crippen LogP) is 1.56. The van der Waals surface area contributed by atoms with Crippen LogP contribution in [0.4, 0.5) is 0 Å². The second kappa shape index (κ2) is 5.98. The van der Waals surface area contributed by atoms with Crippen molar-refractivity contribution < 1.29 is 35.8 Å². The first-order valence-corrected chi connectivity index (χ1v) is 3.76. The van der Waals surface area contributed by atoms with Crippen molar-refractivity contribution in [3.63, 3.8) is 0 Å². The van der Waals surface area contributed by atoms with Crippen LogP contribution in [0.5, 0.6) is 0 Å². The fourth-order valence-corrected chi connectivity index (χ4v) is 1.07. The number of benzene rings is 1. The first-order chi connectivity index (χ1) is 5.75. The molecular formula is C10H10O2Zr. The predicted molar refractivity (Wildman–Crippen MR) is 45.9 cm³/mol. The molecule has 0 N–H and O–H groups in total. The van der Waals surface area contributed by atoms with Gasteiger partial charge in [0.2, 0.25) is 0 Å². The third-order valence-corrected chi connectivity index (χ3v) is 1.73. The summed E-state index contributed by atoms with van der Waals surface area (Å²) in [6, 6.07) is 9.04. The molecule has 0 fully saturated rings. The quantitative estimate of drug-likeness (QED) is 0.605. The SMILES string of the molecule is CC(=O)C(C=O)c1ccccc1.[Zr]. The number of ketones is 1. The standard InChI is InChI=1S/C10H10O2.Zr/c1-8(12)10(7-11)9-5-3-2-4-6-9;/h2-7,10H,1H3;. The maximum absolute atomic E-state index is 10.9. The summed E-state index contributed by atoms with van der Waals surface area (Å²) < 4.78 is 0. The van der Waals surface area contributed by atoms with E-state index < -0.39 is 5.92 Å². The van der Waals surface area contributed by atoms with Crippen LogP contribution in [0.15, 0.2) is 30.3 Å². The van der Waals surface area contributed by atoms with Crippen LogP contribution in [0.2, 0.25) is 0 Å². The number of hydrogen-bond donors (Lipinski definition) is 0. The summed E-state index contributed by atoms with van der Waals surface area (Å²) in [5.74, 6) is -0.706. The third-order valence-electron chi connectivity index (χ3n) is 1.73. The molecule has 66 valence electrons. The molecule has 0 spiro atoms. The van der Waals surface area contributed by atoms with Gasteiger partial charge in [0, 0.05) is 26.2 Å². The van der Waals surface area contributed by atoms with E-state index in [9.17, 15) is 9.59 Å². The van der Waals surface area contributed by atoms with Gasteiger partial charge in [0.1, 0.15) is 12.1 Å². The normalized spacial score (nSPS) is 11.2. The van der Waals surface area contributed by atoms with Crippen molar-refractivity contribution in [3.05, 3.63) is 35.9 Å². The van der Waals surface area contributed by atoms with Gasteiger partial charge in [-0.15, -0.1) is 0 Å². The molecule has 0 radical (unpaired) electrons. The molecule has 13 heavy (non-hydrogen) atoms. The van der Waals surface area contributed by atoms with Gasteiger partial charge in [-0.3, -0.25) is 4.79 Å². The Kier molecular flexibility index (Phi) is 5.73. The zero-order chi connectivity index (χ0) is 8.97. The molecule has 1 aromatic rings. The van der Waals surface area contributed by atoms with Gasteiger partial charge in [0.25, 0.3) is 0 Å². The minimum absolute atomic E-state index is 0. The molecule has 0 aromatic heterocycles. The second-order valence-corrected chi connectivity index (χ2v) is 2.64. The van der Waals surface area contributed by atoms with Crippen LogP contribution in [-0.4, -0.2) is 12.1 Å². The number of rotatable bonds is 3. The van der Waals surface area contributed by atoms with Crippen LogP contribution in [-0.2, 0) is 35.8 Å². The molecular weight excluding hydrogens is 243 g/mol. The fraction of sp³-hybridized carbons (Fsp3) is 0.200. The van der Waals surface area contributed by atoms with E-state index in [1.807, 2.05) is 18.2 Å². The van der Waals surface area contributed by atoms with Crippen molar-refractivity contribution in [1.82, 2.24) is 0 Å². The number of carbonyl (C=O) groups is 2. The monoisotopic (exact) mass is 252 g/mol. The molecule has 2 nitrogen and oxygen atoms in total. The maximum atomic E-state index is 10.9. The second-order valence-electron chi connectivity index (χ2n) is 2.64. The average molecular weight is 253 g/mol. The van der Waals surface area contributed by atoms with Crippen molar-refractivity contribution in [3.8, 4) is 0 Å². The average Bonchev–Trinajstić information content (AvgIpc) is 2.07. The van der Waals surface area contributed by atoms with E-state index in [0.717, 1.165) is 5.56 Å². The van der Waals surface area contributed by atoms with Crippen molar-refractivity contribution >= 4 is 12.1 Å². The smallest absolute Gasteiger partial charge is 0.144 e. The summed E-state index contributed by atoms with van der Waals surface area (Å²) in [7, 11) is 0. The van der Waals surface area contributed by atoms with E-state index in [2.05, 4.69) is 0 Å². The van der Waals surface area contributed by atoms with Gasteiger partial charge in [-0.2, -0.15) is 0 Å². The van der Waals surface area contributed by atoms with E-state index in [1.165, 1.54) is 6.92 Å². The van der Waals surface area contributed by atoms with Gasteiger partial charge in [-0.05, 0) is 12.5 Å². The Bertz CT molecular complexity index is 282. The van der Waals surface area contributed by atoms with Crippen LogP contribution in [0.1, 0.15) is 18.4 Å². The Balaban J connectivity index is 0.00000144. The third kappa shape index (κ3) is 3.35. The Morgan fingerprint density at radius 1 is 1.31 bits per heavy atom. The minimum atomic E-state index is -0.591. The Morgan fingerprint density at radius 2 is 1.85 bits per heavy atom. The van der Waals surface area contributed by atoms with Gasteiger partial charge < -0.3 is 4.79 Å². The molecule has 1 unspecified atom stereocenters. The van der Waals surface area contributed by atoms with Gasteiger partial charge in [0.15, 0.2) is 0 Å². The number of Topliss-reactive ketones (excluding diaryl/α,β-unsaturated/α-hetero) is 1. The summed E-state index contributed by atoms with van der Waals surface area (Å²) >= 11 is 0. The van der Waals surface area contributed by atoms with E-state index in [1.54, 1.807) is 12.1 Å². The van der Waals surface area contributed by atoms with Gasteiger partial charge in [-0.1, -0.05) is 30.3 Å². The molecule has 3 heteroatoms. The fourth-order valence-electron chi connectivity index (χ4n) is 1.07. The summed E-state index contributed by atoms with van der Waals surface area (Å²) in [5, 5.41) is 0. The first-order valence-electron chi connectivity index (χ1n) is 3.76.